The Morgan fingerprint density at radius 3 is 2.71 bits per heavy atom. The van der Waals surface area contributed by atoms with E-state index in [0.717, 1.165) is 0 Å². The summed E-state index contributed by atoms with van der Waals surface area (Å²) in [5.74, 6) is 4.48. The van der Waals surface area contributed by atoms with E-state index in [-0.39, 0.29) is 11.3 Å². The lowest BCUT2D eigenvalue weighted by molar-refractivity contribution is -0.103. The highest BCUT2D eigenvalue weighted by molar-refractivity contribution is 5.74. The van der Waals surface area contributed by atoms with Crippen molar-refractivity contribution in [3.05, 3.63) is 29.8 Å². The van der Waals surface area contributed by atoms with E-state index >= 15 is 0 Å². The second-order valence-electron chi connectivity index (χ2n) is 2.26. The summed E-state index contributed by atoms with van der Waals surface area (Å²) in [6, 6.07) is 6.02. The van der Waals surface area contributed by atoms with Crippen LogP contribution in [-0.2, 0) is 4.79 Å². The first kappa shape index (κ1) is 10.2. The first-order chi connectivity index (χ1) is 6.74. The average Bonchev–Trinajstić information content (AvgIpc) is 2.16. The molecule has 1 aromatic rings. The van der Waals surface area contributed by atoms with Crippen molar-refractivity contribution in [1.82, 2.24) is 0 Å². The monoisotopic (exact) mass is 196 g/mol. The van der Waals surface area contributed by atoms with E-state index in [1.54, 1.807) is 12.1 Å². The summed E-state index contributed by atoms with van der Waals surface area (Å²) in [5.41, 5.74) is 0.264. The Morgan fingerprint density at radius 1 is 1.36 bits per heavy atom. The van der Waals surface area contributed by atoms with Gasteiger partial charge in [-0.3, -0.25) is 4.79 Å². The van der Waals surface area contributed by atoms with Crippen molar-refractivity contribution in [3.63, 3.8) is 0 Å². The normalized spacial score (nSPS) is 9.07. The highest BCUT2D eigenvalue weighted by Gasteiger charge is 2.06. The third kappa shape index (κ3) is 2.87. The van der Waals surface area contributed by atoms with Crippen LogP contribution in [0.3, 0.4) is 0 Å². The molecular formula is C10H6F2O2. The quantitative estimate of drug-likeness (QED) is 0.533. The molecule has 4 heteroatoms. The molecule has 0 atom stereocenters. The number of hydrogen-bond donors (Lipinski definition) is 0. The molecule has 0 aromatic heterocycles. The fourth-order valence-electron chi connectivity index (χ4n) is 0.876. The molecule has 72 valence electrons. The third-order valence-corrected chi connectivity index (χ3v) is 1.37. The van der Waals surface area contributed by atoms with Crippen molar-refractivity contribution in [2.45, 2.75) is 6.61 Å². The molecule has 0 aliphatic heterocycles. The summed E-state index contributed by atoms with van der Waals surface area (Å²) < 4.78 is 28.0. The largest absolute Gasteiger partial charge is 0.434 e. The fraction of sp³-hybridized carbons (Fsp3) is 0.100. The van der Waals surface area contributed by atoms with Gasteiger partial charge >= 0.3 is 6.61 Å². The number of aldehydes is 1. The number of halogens is 2. The van der Waals surface area contributed by atoms with Gasteiger partial charge in [0.25, 0.3) is 0 Å². The van der Waals surface area contributed by atoms with E-state index in [9.17, 15) is 13.6 Å². The van der Waals surface area contributed by atoms with Crippen molar-refractivity contribution in [2.75, 3.05) is 0 Å². The molecule has 0 radical (unpaired) electrons. The van der Waals surface area contributed by atoms with E-state index in [2.05, 4.69) is 16.6 Å². The van der Waals surface area contributed by atoms with Crippen LogP contribution in [0, 0.1) is 11.8 Å². The van der Waals surface area contributed by atoms with E-state index < -0.39 is 6.61 Å². The molecule has 0 saturated heterocycles. The summed E-state index contributed by atoms with van der Waals surface area (Å²) in [5, 5.41) is 0. The molecule has 0 N–H and O–H groups in total. The van der Waals surface area contributed by atoms with E-state index in [1.807, 2.05) is 0 Å². The Morgan fingerprint density at radius 2 is 2.07 bits per heavy atom. The van der Waals surface area contributed by atoms with Crippen LogP contribution in [0.25, 0.3) is 0 Å². The number of carbonyl (C=O) groups is 1. The van der Waals surface area contributed by atoms with Crippen LogP contribution in [0.2, 0.25) is 0 Å². The molecular weight excluding hydrogens is 190 g/mol. The lowest BCUT2D eigenvalue weighted by atomic mass is 10.2. The molecule has 1 rings (SSSR count). The third-order valence-electron chi connectivity index (χ3n) is 1.37. The molecule has 0 unspecified atom stereocenters. The van der Waals surface area contributed by atoms with Crippen LogP contribution >= 0.6 is 0 Å². The Hall–Kier alpha value is -1.89. The summed E-state index contributed by atoms with van der Waals surface area (Å²) in [6.07, 6.45) is 0.388. The predicted molar refractivity (Wildman–Crippen MR) is 46.0 cm³/mol. The van der Waals surface area contributed by atoms with Gasteiger partial charge in [0, 0.05) is 0 Å². The van der Waals surface area contributed by atoms with Crippen LogP contribution < -0.4 is 4.74 Å². The maximum atomic E-state index is 11.9. The van der Waals surface area contributed by atoms with Crippen molar-refractivity contribution < 1.29 is 18.3 Å². The van der Waals surface area contributed by atoms with Gasteiger partial charge in [0.2, 0.25) is 0 Å². The van der Waals surface area contributed by atoms with Crippen molar-refractivity contribution in [3.8, 4) is 17.6 Å². The lowest BCUT2D eigenvalue weighted by Crippen LogP contribution is -2.03. The standard InChI is InChI=1S/C10H6F2O2/c11-10(12)14-9-6-2-1-4-8(9)5-3-7-13/h1-2,4,6-7,10H. The smallest absolute Gasteiger partial charge is 0.387 e. The van der Waals surface area contributed by atoms with Crippen molar-refractivity contribution in [1.29, 1.82) is 0 Å². The van der Waals surface area contributed by atoms with E-state index in [0.29, 0.717) is 6.29 Å². The molecule has 0 heterocycles. The second-order valence-corrected chi connectivity index (χ2v) is 2.26. The molecule has 0 spiro atoms. The fourth-order valence-corrected chi connectivity index (χ4v) is 0.876. The summed E-state index contributed by atoms with van der Waals surface area (Å²) >= 11 is 0. The highest BCUT2D eigenvalue weighted by Crippen LogP contribution is 2.18. The summed E-state index contributed by atoms with van der Waals surface area (Å²) in [6.45, 7) is -2.89. The minimum absolute atomic E-state index is 0.0307. The number of carbonyl (C=O) groups excluding carboxylic acids is 1. The van der Waals surface area contributed by atoms with Crippen molar-refractivity contribution in [2.24, 2.45) is 0 Å². The number of ether oxygens (including phenoxy) is 1. The second kappa shape index (κ2) is 4.97. The van der Waals surface area contributed by atoms with Crippen molar-refractivity contribution >= 4 is 6.29 Å². The maximum absolute atomic E-state index is 11.9. The minimum atomic E-state index is -2.89. The zero-order valence-corrected chi connectivity index (χ0v) is 7.04. The predicted octanol–water partition coefficient (Wildman–Crippen LogP) is 1.84. The van der Waals surface area contributed by atoms with Gasteiger partial charge in [-0.1, -0.05) is 18.1 Å². The Bertz CT molecular complexity index is 377. The van der Waals surface area contributed by atoms with Crippen LogP contribution in [0.4, 0.5) is 8.78 Å². The number of alkyl halides is 2. The van der Waals surface area contributed by atoms with Gasteiger partial charge < -0.3 is 4.74 Å². The van der Waals surface area contributed by atoms with E-state index in [4.69, 9.17) is 0 Å². The highest BCUT2D eigenvalue weighted by atomic mass is 19.3. The first-order valence-corrected chi connectivity index (χ1v) is 3.73. The van der Waals surface area contributed by atoms with Gasteiger partial charge in [-0.15, -0.1) is 0 Å². The number of para-hydroxylation sites is 1. The Labute approximate surface area is 79.5 Å². The van der Waals surface area contributed by atoms with Gasteiger partial charge in [-0.2, -0.15) is 8.78 Å². The molecule has 0 bridgehead atoms. The molecule has 0 aliphatic rings. The van der Waals surface area contributed by atoms with Crippen LogP contribution in [0.15, 0.2) is 24.3 Å². The lowest BCUT2D eigenvalue weighted by Gasteiger charge is -2.05. The molecule has 0 amide bonds. The van der Waals surface area contributed by atoms with Gasteiger partial charge in [-0.05, 0) is 18.1 Å². The zero-order valence-electron chi connectivity index (χ0n) is 7.04. The summed E-state index contributed by atoms with van der Waals surface area (Å²) in [4.78, 5) is 9.95. The first-order valence-electron chi connectivity index (χ1n) is 3.73. The zero-order chi connectivity index (χ0) is 10.4. The summed E-state index contributed by atoms with van der Waals surface area (Å²) in [7, 11) is 0. The van der Waals surface area contributed by atoms with E-state index in [1.165, 1.54) is 12.1 Å². The molecule has 0 fully saturated rings. The molecule has 0 saturated carbocycles. The van der Waals surface area contributed by atoms with Crippen LogP contribution in [0.1, 0.15) is 5.56 Å². The van der Waals surface area contributed by atoms with Gasteiger partial charge in [0.05, 0.1) is 5.56 Å². The topological polar surface area (TPSA) is 26.3 Å². The molecule has 0 aliphatic carbocycles. The number of rotatable bonds is 2. The molecule has 14 heavy (non-hydrogen) atoms. The van der Waals surface area contributed by atoms with Gasteiger partial charge in [0.15, 0.2) is 6.29 Å². The SMILES string of the molecule is O=CC#Cc1ccccc1OC(F)F. The molecule has 2 nitrogen and oxygen atoms in total. The van der Waals surface area contributed by atoms with Gasteiger partial charge in [0.1, 0.15) is 5.75 Å². The van der Waals surface area contributed by atoms with Crippen LogP contribution in [0.5, 0.6) is 5.75 Å². The minimum Gasteiger partial charge on any atom is -0.434 e. The Kier molecular flexibility index (Phi) is 3.62. The maximum Gasteiger partial charge on any atom is 0.387 e. The van der Waals surface area contributed by atoms with Gasteiger partial charge in [-0.25, -0.2) is 0 Å². The average molecular weight is 196 g/mol. The van der Waals surface area contributed by atoms with Crippen LogP contribution in [-0.4, -0.2) is 12.9 Å². The number of benzene rings is 1. The number of hydrogen-bond acceptors (Lipinski definition) is 2. The molecule has 1 aromatic carbocycles. The Balaban J connectivity index is 2.96.